The minimum Gasteiger partial charge on any atom is -0.399 e. The summed E-state index contributed by atoms with van der Waals surface area (Å²) in [7, 11) is -3.53. The molecule has 0 aliphatic carbocycles. The predicted octanol–water partition coefficient (Wildman–Crippen LogP) is 2.13. The molecule has 0 saturated heterocycles. The van der Waals surface area contributed by atoms with Gasteiger partial charge in [0, 0.05) is 11.4 Å². The topological polar surface area (TPSA) is 89.3 Å². The van der Waals surface area contributed by atoms with Gasteiger partial charge in [-0.15, -0.1) is 0 Å². The van der Waals surface area contributed by atoms with Crippen molar-refractivity contribution in [2.45, 2.75) is 12.7 Å². The summed E-state index contributed by atoms with van der Waals surface area (Å²) in [4.78, 5) is 11.8. The molecule has 0 fully saturated rings. The van der Waals surface area contributed by atoms with Gasteiger partial charge in [0.15, 0.2) is 9.84 Å². The first-order valence-corrected chi connectivity index (χ1v) is 8.57. The second-order valence-corrected chi connectivity index (χ2v) is 7.25. The summed E-state index contributed by atoms with van der Waals surface area (Å²) in [5.74, 6) is -1.28. The number of carbonyl (C=O) groups excluding carboxylic acids is 1. The maximum absolute atomic E-state index is 12.0. The molecule has 6 heteroatoms. The number of amides is 1. The third-order valence-electron chi connectivity index (χ3n) is 3.05. The van der Waals surface area contributed by atoms with E-state index >= 15 is 0 Å². The van der Waals surface area contributed by atoms with Crippen LogP contribution in [0.5, 0.6) is 0 Å². The van der Waals surface area contributed by atoms with E-state index in [2.05, 4.69) is 5.32 Å². The van der Waals surface area contributed by atoms with Crippen molar-refractivity contribution in [2.75, 3.05) is 16.8 Å². The number of benzene rings is 2. The second kappa shape index (κ2) is 6.62. The summed E-state index contributed by atoms with van der Waals surface area (Å²) >= 11 is 0. The Hall–Kier alpha value is -2.34. The van der Waals surface area contributed by atoms with Crippen LogP contribution in [0.15, 0.2) is 48.5 Å². The molecule has 2 aromatic carbocycles. The van der Waals surface area contributed by atoms with Gasteiger partial charge in [-0.2, -0.15) is 0 Å². The highest BCUT2D eigenvalue weighted by Crippen LogP contribution is 2.12. The van der Waals surface area contributed by atoms with Crippen molar-refractivity contribution in [1.82, 2.24) is 0 Å². The molecule has 0 radical (unpaired) electrons. The van der Waals surface area contributed by atoms with E-state index in [1.807, 2.05) is 19.1 Å². The summed E-state index contributed by atoms with van der Waals surface area (Å²) in [5.41, 5.74) is 8.38. The number of nitrogen functional groups attached to an aromatic ring is 1. The molecule has 2 rings (SSSR count). The third-order valence-corrected chi connectivity index (χ3v) is 4.53. The van der Waals surface area contributed by atoms with Crippen LogP contribution in [0.1, 0.15) is 11.1 Å². The van der Waals surface area contributed by atoms with Crippen LogP contribution in [-0.2, 0) is 20.4 Å². The van der Waals surface area contributed by atoms with Crippen LogP contribution in [0.4, 0.5) is 11.4 Å². The zero-order valence-electron chi connectivity index (χ0n) is 12.2. The fourth-order valence-electron chi connectivity index (χ4n) is 1.95. The van der Waals surface area contributed by atoms with Crippen LogP contribution < -0.4 is 11.1 Å². The first-order valence-electron chi connectivity index (χ1n) is 6.75. The smallest absolute Gasteiger partial charge is 0.239 e. The van der Waals surface area contributed by atoms with Gasteiger partial charge in [0.25, 0.3) is 0 Å². The lowest BCUT2D eigenvalue weighted by molar-refractivity contribution is -0.113. The molecule has 0 atom stereocenters. The molecule has 0 aromatic heterocycles. The van der Waals surface area contributed by atoms with E-state index in [-0.39, 0.29) is 5.75 Å². The lowest BCUT2D eigenvalue weighted by atomic mass is 10.2. The van der Waals surface area contributed by atoms with Crippen molar-refractivity contribution in [2.24, 2.45) is 0 Å². The highest BCUT2D eigenvalue weighted by Gasteiger charge is 2.17. The maximum atomic E-state index is 12.0. The third kappa shape index (κ3) is 4.89. The van der Waals surface area contributed by atoms with Gasteiger partial charge in [0.2, 0.25) is 5.91 Å². The minimum atomic E-state index is -3.53. The molecule has 116 valence electrons. The number of nitrogens with one attached hydrogen (secondary N) is 1. The van der Waals surface area contributed by atoms with Crippen molar-refractivity contribution in [1.29, 1.82) is 0 Å². The number of aryl methyl sites for hydroxylation is 1. The molecule has 1 amide bonds. The molecular formula is C16H18N2O3S. The van der Waals surface area contributed by atoms with Gasteiger partial charge < -0.3 is 11.1 Å². The van der Waals surface area contributed by atoms with E-state index in [4.69, 9.17) is 5.73 Å². The molecule has 0 saturated carbocycles. The first kappa shape index (κ1) is 16.0. The Bertz CT molecular complexity index is 751. The maximum Gasteiger partial charge on any atom is 0.239 e. The summed E-state index contributed by atoms with van der Waals surface area (Å²) < 4.78 is 24.1. The molecule has 0 aliphatic heterocycles. The minimum absolute atomic E-state index is 0.186. The summed E-state index contributed by atoms with van der Waals surface area (Å²) in [5, 5.41) is 2.58. The summed E-state index contributed by atoms with van der Waals surface area (Å²) in [6, 6.07) is 13.7. The molecule has 2 aromatic rings. The molecule has 22 heavy (non-hydrogen) atoms. The number of hydrogen-bond acceptors (Lipinski definition) is 4. The Kier molecular flexibility index (Phi) is 4.82. The van der Waals surface area contributed by atoms with Gasteiger partial charge in [-0.25, -0.2) is 8.42 Å². The number of hydrogen-bond donors (Lipinski definition) is 2. The van der Waals surface area contributed by atoms with E-state index in [9.17, 15) is 13.2 Å². The largest absolute Gasteiger partial charge is 0.399 e. The molecule has 0 unspecified atom stereocenters. The first-order chi connectivity index (χ1) is 10.3. The van der Waals surface area contributed by atoms with E-state index < -0.39 is 21.5 Å². The zero-order chi connectivity index (χ0) is 16.2. The summed E-state index contributed by atoms with van der Waals surface area (Å²) in [6.45, 7) is 1.93. The highest BCUT2D eigenvalue weighted by atomic mass is 32.2. The Morgan fingerprint density at radius 3 is 2.23 bits per heavy atom. The molecule has 5 nitrogen and oxygen atoms in total. The van der Waals surface area contributed by atoms with E-state index in [0.717, 1.165) is 5.56 Å². The zero-order valence-corrected chi connectivity index (χ0v) is 13.1. The monoisotopic (exact) mass is 318 g/mol. The SMILES string of the molecule is Cc1ccc(NC(=O)CS(=O)(=O)Cc2ccc(N)cc2)cc1. The van der Waals surface area contributed by atoms with Crippen LogP contribution in [-0.4, -0.2) is 20.1 Å². The van der Waals surface area contributed by atoms with Gasteiger partial charge >= 0.3 is 0 Å². The van der Waals surface area contributed by atoms with Gasteiger partial charge in [-0.1, -0.05) is 29.8 Å². The van der Waals surface area contributed by atoms with Crippen LogP contribution in [0.2, 0.25) is 0 Å². The van der Waals surface area contributed by atoms with Crippen molar-refractivity contribution in [3.8, 4) is 0 Å². The fourth-order valence-corrected chi connectivity index (χ4v) is 3.23. The van der Waals surface area contributed by atoms with Gasteiger partial charge in [0.1, 0.15) is 5.75 Å². The van der Waals surface area contributed by atoms with E-state index in [1.54, 1.807) is 36.4 Å². The van der Waals surface area contributed by atoms with Crippen molar-refractivity contribution in [3.63, 3.8) is 0 Å². The lowest BCUT2D eigenvalue weighted by Crippen LogP contribution is -2.23. The van der Waals surface area contributed by atoms with E-state index in [0.29, 0.717) is 16.9 Å². The molecular weight excluding hydrogens is 300 g/mol. The average Bonchev–Trinajstić information content (AvgIpc) is 2.43. The van der Waals surface area contributed by atoms with Gasteiger partial charge in [-0.3, -0.25) is 4.79 Å². The van der Waals surface area contributed by atoms with Crippen LogP contribution >= 0.6 is 0 Å². The van der Waals surface area contributed by atoms with Crippen LogP contribution in [0.3, 0.4) is 0 Å². The van der Waals surface area contributed by atoms with Crippen molar-refractivity contribution < 1.29 is 13.2 Å². The number of sulfone groups is 1. The molecule has 0 heterocycles. The molecule has 0 aliphatic rings. The molecule has 0 bridgehead atoms. The number of carbonyl (C=O) groups is 1. The van der Waals surface area contributed by atoms with Gasteiger partial charge in [0.05, 0.1) is 5.75 Å². The second-order valence-electron chi connectivity index (χ2n) is 5.19. The normalized spacial score (nSPS) is 11.1. The van der Waals surface area contributed by atoms with Crippen molar-refractivity contribution >= 4 is 27.1 Å². The fraction of sp³-hybridized carbons (Fsp3) is 0.188. The van der Waals surface area contributed by atoms with E-state index in [1.165, 1.54) is 0 Å². The lowest BCUT2D eigenvalue weighted by Gasteiger charge is -2.07. The average molecular weight is 318 g/mol. The van der Waals surface area contributed by atoms with Crippen molar-refractivity contribution in [3.05, 3.63) is 59.7 Å². The Morgan fingerprint density at radius 1 is 1.05 bits per heavy atom. The standard InChI is InChI=1S/C16H18N2O3S/c1-12-2-8-15(9-3-12)18-16(19)11-22(20,21)10-13-4-6-14(17)7-5-13/h2-9H,10-11,17H2,1H3,(H,18,19). The predicted molar refractivity (Wildman–Crippen MR) is 88.2 cm³/mol. The van der Waals surface area contributed by atoms with Crippen LogP contribution in [0, 0.1) is 6.92 Å². The Morgan fingerprint density at radius 2 is 1.64 bits per heavy atom. The Balaban J connectivity index is 1.97. The quantitative estimate of drug-likeness (QED) is 0.827. The van der Waals surface area contributed by atoms with Crippen LogP contribution in [0.25, 0.3) is 0 Å². The Labute approximate surface area is 130 Å². The number of anilines is 2. The highest BCUT2D eigenvalue weighted by molar-refractivity contribution is 7.91. The number of nitrogens with two attached hydrogens (primary N) is 1. The molecule has 3 N–H and O–H groups in total. The van der Waals surface area contributed by atoms with Gasteiger partial charge in [-0.05, 0) is 36.8 Å². The molecule has 0 spiro atoms. The summed E-state index contributed by atoms with van der Waals surface area (Å²) in [6.07, 6.45) is 0. The number of rotatable bonds is 5.